The van der Waals surface area contributed by atoms with E-state index in [9.17, 15) is 9.59 Å². The molecule has 1 aliphatic rings. The predicted molar refractivity (Wildman–Crippen MR) is 74.3 cm³/mol. The molecule has 1 aromatic rings. The number of halogens is 1. The highest BCUT2D eigenvalue weighted by Gasteiger charge is 2.31. The minimum absolute atomic E-state index is 0.0159. The van der Waals surface area contributed by atoms with E-state index in [0.717, 1.165) is 9.35 Å². The number of carbonyl (C=O) groups is 2. The number of hydrogen-bond donors (Lipinski definition) is 1. The molecule has 2 amide bonds. The van der Waals surface area contributed by atoms with Gasteiger partial charge in [-0.25, -0.2) is 0 Å². The molecule has 0 spiro atoms. The van der Waals surface area contributed by atoms with Crippen LogP contribution in [-0.2, 0) is 16.1 Å². The molecule has 1 N–H and O–H groups in total. The Morgan fingerprint density at radius 3 is 2.83 bits per heavy atom. The summed E-state index contributed by atoms with van der Waals surface area (Å²) < 4.78 is 1.03. The van der Waals surface area contributed by atoms with Gasteiger partial charge >= 0.3 is 0 Å². The lowest BCUT2D eigenvalue weighted by Crippen LogP contribution is -2.44. The largest absolute Gasteiger partial charge is 0.345 e. The molecule has 1 aromatic heterocycles. The molecule has 0 aromatic carbocycles. The van der Waals surface area contributed by atoms with E-state index in [-0.39, 0.29) is 17.9 Å². The number of rotatable bonds is 2. The first-order chi connectivity index (χ1) is 8.47. The van der Waals surface area contributed by atoms with Crippen LogP contribution >= 0.6 is 27.3 Å². The quantitative estimate of drug-likeness (QED) is 0.903. The molecule has 4 nitrogen and oxygen atoms in total. The van der Waals surface area contributed by atoms with Crippen molar-refractivity contribution in [1.82, 2.24) is 10.2 Å². The summed E-state index contributed by atoms with van der Waals surface area (Å²) >= 11 is 5.01. The van der Waals surface area contributed by atoms with Gasteiger partial charge in [0.25, 0.3) is 0 Å². The van der Waals surface area contributed by atoms with E-state index in [1.807, 2.05) is 18.4 Å². The van der Waals surface area contributed by atoms with Crippen molar-refractivity contribution in [3.05, 3.63) is 20.8 Å². The standard InChI is InChI=1S/C12H15BrN2O2S/c1-7-3-11(16)14-8(2)12(17)15(7)5-10-4-9(13)6-18-10/h4,6-8H,3,5H2,1-2H3,(H,14,16). The van der Waals surface area contributed by atoms with Crippen LogP contribution in [0.4, 0.5) is 0 Å². The Bertz CT molecular complexity index is 474. The minimum Gasteiger partial charge on any atom is -0.345 e. The molecule has 2 atom stereocenters. The molecule has 1 aliphatic heterocycles. The van der Waals surface area contributed by atoms with Crippen molar-refractivity contribution < 1.29 is 9.59 Å². The van der Waals surface area contributed by atoms with Crippen LogP contribution in [0, 0.1) is 0 Å². The Kier molecular flexibility index (Phi) is 4.07. The number of thiophene rings is 1. The number of nitrogens with one attached hydrogen (secondary N) is 1. The van der Waals surface area contributed by atoms with E-state index in [4.69, 9.17) is 0 Å². The van der Waals surface area contributed by atoms with Crippen LogP contribution in [0.1, 0.15) is 25.1 Å². The summed E-state index contributed by atoms with van der Waals surface area (Å²) in [6.45, 7) is 4.21. The number of carbonyl (C=O) groups excluding carboxylic acids is 2. The maximum atomic E-state index is 12.2. The molecular formula is C12H15BrN2O2S. The van der Waals surface area contributed by atoms with Crippen LogP contribution < -0.4 is 5.32 Å². The fourth-order valence-corrected chi connectivity index (χ4v) is 3.49. The molecule has 6 heteroatoms. The van der Waals surface area contributed by atoms with Crippen molar-refractivity contribution in [2.45, 2.75) is 38.9 Å². The summed E-state index contributed by atoms with van der Waals surface area (Å²) in [7, 11) is 0. The maximum absolute atomic E-state index is 12.2. The molecule has 98 valence electrons. The van der Waals surface area contributed by atoms with E-state index in [1.54, 1.807) is 23.2 Å². The van der Waals surface area contributed by atoms with E-state index in [0.29, 0.717) is 13.0 Å². The molecule has 2 heterocycles. The molecule has 1 saturated heterocycles. The van der Waals surface area contributed by atoms with E-state index < -0.39 is 6.04 Å². The van der Waals surface area contributed by atoms with Crippen molar-refractivity contribution in [2.75, 3.05) is 0 Å². The first kappa shape index (κ1) is 13.5. The van der Waals surface area contributed by atoms with Crippen LogP contribution in [0.15, 0.2) is 15.9 Å². The Hall–Kier alpha value is -0.880. The highest BCUT2D eigenvalue weighted by Crippen LogP contribution is 2.23. The second-order valence-electron chi connectivity index (χ2n) is 4.54. The molecular weight excluding hydrogens is 316 g/mol. The van der Waals surface area contributed by atoms with Crippen molar-refractivity contribution >= 4 is 39.1 Å². The third kappa shape index (κ3) is 2.92. The fraction of sp³-hybridized carbons (Fsp3) is 0.500. The molecule has 1 fully saturated rings. The van der Waals surface area contributed by atoms with Crippen LogP contribution in [0.2, 0.25) is 0 Å². The summed E-state index contributed by atoms with van der Waals surface area (Å²) in [5.74, 6) is -0.0731. The molecule has 0 radical (unpaired) electrons. The second kappa shape index (κ2) is 5.40. The summed E-state index contributed by atoms with van der Waals surface area (Å²) in [6, 6.07) is 1.50. The lowest BCUT2D eigenvalue weighted by Gasteiger charge is -2.27. The molecule has 18 heavy (non-hydrogen) atoms. The first-order valence-electron chi connectivity index (χ1n) is 5.80. The molecule has 2 rings (SSSR count). The topological polar surface area (TPSA) is 49.4 Å². The zero-order chi connectivity index (χ0) is 13.3. The van der Waals surface area contributed by atoms with Crippen molar-refractivity contribution in [1.29, 1.82) is 0 Å². The summed E-state index contributed by atoms with van der Waals surface area (Å²) in [6.07, 6.45) is 0.364. The summed E-state index contributed by atoms with van der Waals surface area (Å²) in [5, 5.41) is 4.70. The van der Waals surface area contributed by atoms with Gasteiger partial charge in [-0.3, -0.25) is 9.59 Å². The van der Waals surface area contributed by atoms with E-state index in [1.165, 1.54) is 0 Å². The Balaban J connectivity index is 2.18. The highest BCUT2D eigenvalue weighted by atomic mass is 79.9. The molecule has 0 bridgehead atoms. The van der Waals surface area contributed by atoms with Crippen molar-refractivity contribution in [3.8, 4) is 0 Å². The zero-order valence-electron chi connectivity index (χ0n) is 10.3. The zero-order valence-corrected chi connectivity index (χ0v) is 12.7. The Morgan fingerprint density at radius 1 is 1.50 bits per heavy atom. The van der Waals surface area contributed by atoms with Gasteiger partial charge in [-0.1, -0.05) is 0 Å². The monoisotopic (exact) mass is 330 g/mol. The normalized spacial score (nSPS) is 24.9. The van der Waals surface area contributed by atoms with Crippen LogP contribution in [0.25, 0.3) is 0 Å². The lowest BCUT2D eigenvalue weighted by atomic mass is 10.2. The SMILES string of the molecule is CC1NC(=O)CC(C)N(Cc2cc(Br)cs2)C1=O. The van der Waals surface area contributed by atoms with Crippen LogP contribution in [-0.4, -0.2) is 28.8 Å². The molecule has 0 aliphatic carbocycles. The second-order valence-corrected chi connectivity index (χ2v) is 6.45. The molecule has 0 saturated carbocycles. The van der Waals surface area contributed by atoms with Gasteiger partial charge < -0.3 is 10.2 Å². The van der Waals surface area contributed by atoms with Gasteiger partial charge in [0, 0.05) is 27.2 Å². The molecule has 2 unspecified atom stereocenters. The summed E-state index contributed by atoms with van der Waals surface area (Å²) in [5.41, 5.74) is 0. The third-order valence-electron chi connectivity index (χ3n) is 2.99. The van der Waals surface area contributed by atoms with Crippen molar-refractivity contribution in [2.24, 2.45) is 0 Å². The minimum atomic E-state index is -0.439. The number of amides is 2. The third-order valence-corrected chi connectivity index (χ3v) is 4.67. The van der Waals surface area contributed by atoms with E-state index >= 15 is 0 Å². The fourth-order valence-electron chi connectivity index (χ4n) is 2.04. The van der Waals surface area contributed by atoms with Gasteiger partial charge in [-0.05, 0) is 35.8 Å². The lowest BCUT2D eigenvalue weighted by molar-refractivity contribution is -0.135. The Labute approximate surface area is 118 Å². The highest BCUT2D eigenvalue weighted by molar-refractivity contribution is 9.10. The predicted octanol–water partition coefficient (Wildman–Crippen LogP) is 2.14. The average molecular weight is 331 g/mol. The van der Waals surface area contributed by atoms with Crippen molar-refractivity contribution in [3.63, 3.8) is 0 Å². The van der Waals surface area contributed by atoms with Gasteiger partial charge in [-0.2, -0.15) is 0 Å². The van der Waals surface area contributed by atoms with Gasteiger partial charge in [0.05, 0.1) is 6.54 Å². The van der Waals surface area contributed by atoms with Crippen LogP contribution in [0.3, 0.4) is 0 Å². The first-order valence-corrected chi connectivity index (χ1v) is 7.47. The van der Waals surface area contributed by atoms with Crippen LogP contribution in [0.5, 0.6) is 0 Å². The van der Waals surface area contributed by atoms with Gasteiger partial charge in [0.1, 0.15) is 6.04 Å². The smallest absolute Gasteiger partial charge is 0.245 e. The average Bonchev–Trinajstić information content (AvgIpc) is 2.66. The summed E-state index contributed by atoms with van der Waals surface area (Å²) in [4.78, 5) is 26.7. The van der Waals surface area contributed by atoms with Gasteiger partial charge in [0.2, 0.25) is 11.8 Å². The van der Waals surface area contributed by atoms with Gasteiger partial charge in [0.15, 0.2) is 0 Å². The van der Waals surface area contributed by atoms with Gasteiger partial charge in [-0.15, -0.1) is 11.3 Å². The number of hydrogen-bond acceptors (Lipinski definition) is 3. The van der Waals surface area contributed by atoms with E-state index in [2.05, 4.69) is 21.2 Å². The number of nitrogens with zero attached hydrogens (tertiary/aromatic N) is 1. The maximum Gasteiger partial charge on any atom is 0.245 e. The Morgan fingerprint density at radius 2 is 2.22 bits per heavy atom.